The van der Waals surface area contributed by atoms with Crippen LogP contribution in [0.5, 0.6) is 5.75 Å². The van der Waals surface area contributed by atoms with E-state index in [4.69, 9.17) is 4.74 Å². The van der Waals surface area contributed by atoms with Crippen molar-refractivity contribution in [2.75, 3.05) is 6.61 Å². The lowest BCUT2D eigenvalue weighted by Crippen LogP contribution is -2.08. The van der Waals surface area contributed by atoms with E-state index in [1.807, 2.05) is 13.1 Å². The SMILES string of the molecule is Cc1cnn(CCOc2cccc([N+](=O)[O-])c2)c1. The van der Waals surface area contributed by atoms with Crippen molar-refractivity contribution in [2.24, 2.45) is 0 Å². The van der Waals surface area contributed by atoms with E-state index < -0.39 is 4.92 Å². The number of nitro benzene ring substituents is 1. The number of ether oxygens (including phenoxy) is 1. The van der Waals surface area contributed by atoms with Gasteiger partial charge < -0.3 is 4.74 Å². The Balaban J connectivity index is 1.90. The summed E-state index contributed by atoms with van der Waals surface area (Å²) < 4.78 is 7.22. The fraction of sp³-hybridized carbons (Fsp3) is 0.250. The minimum atomic E-state index is -0.441. The van der Waals surface area contributed by atoms with Crippen molar-refractivity contribution in [3.05, 3.63) is 52.3 Å². The molecule has 0 radical (unpaired) electrons. The summed E-state index contributed by atoms with van der Waals surface area (Å²) in [5, 5.41) is 14.7. The number of aromatic nitrogens is 2. The standard InChI is InChI=1S/C12H13N3O3/c1-10-8-13-14(9-10)5-6-18-12-4-2-3-11(7-12)15(16)17/h2-4,7-9H,5-6H2,1H3. The lowest BCUT2D eigenvalue weighted by atomic mass is 10.3. The highest BCUT2D eigenvalue weighted by Gasteiger charge is 2.06. The molecule has 6 nitrogen and oxygen atoms in total. The summed E-state index contributed by atoms with van der Waals surface area (Å²) in [6.07, 6.45) is 3.68. The van der Waals surface area contributed by atoms with Gasteiger partial charge in [-0.1, -0.05) is 6.07 Å². The van der Waals surface area contributed by atoms with Gasteiger partial charge in [-0.3, -0.25) is 14.8 Å². The molecule has 0 spiro atoms. The van der Waals surface area contributed by atoms with Crippen LogP contribution in [0.2, 0.25) is 0 Å². The third kappa shape index (κ3) is 3.07. The summed E-state index contributed by atoms with van der Waals surface area (Å²) in [7, 11) is 0. The Kier molecular flexibility index (Phi) is 3.57. The Morgan fingerprint density at radius 3 is 3.00 bits per heavy atom. The van der Waals surface area contributed by atoms with Gasteiger partial charge in [0.05, 0.1) is 23.7 Å². The molecule has 94 valence electrons. The Labute approximate surface area is 104 Å². The normalized spacial score (nSPS) is 10.3. The van der Waals surface area contributed by atoms with Gasteiger partial charge in [0.1, 0.15) is 12.4 Å². The van der Waals surface area contributed by atoms with Crippen molar-refractivity contribution >= 4 is 5.69 Å². The number of nitrogens with zero attached hydrogens (tertiary/aromatic N) is 3. The molecule has 1 heterocycles. The maximum Gasteiger partial charge on any atom is 0.273 e. The van der Waals surface area contributed by atoms with Gasteiger partial charge in [0.2, 0.25) is 0 Å². The molecule has 0 atom stereocenters. The van der Waals surface area contributed by atoms with Gasteiger partial charge in [-0.25, -0.2) is 0 Å². The lowest BCUT2D eigenvalue weighted by molar-refractivity contribution is -0.384. The fourth-order valence-electron chi connectivity index (χ4n) is 1.53. The quantitative estimate of drug-likeness (QED) is 0.599. The van der Waals surface area contributed by atoms with Crippen LogP contribution in [0.15, 0.2) is 36.7 Å². The molecule has 1 aromatic carbocycles. The third-order valence-corrected chi connectivity index (χ3v) is 2.38. The zero-order chi connectivity index (χ0) is 13.0. The third-order valence-electron chi connectivity index (χ3n) is 2.38. The molecular weight excluding hydrogens is 234 g/mol. The average Bonchev–Trinajstić information content (AvgIpc) is 2.75. The second kappa shape index (κ2) is 5.31. The molecule has 2 rings (SSSR count). The smallest absolute Gasteiger partial charge is 0.273 e. The second-order valence-corrected chi connectivity index (χ2v) is 3.88. The van der Waals surface area contributed by atoms with Crippen molar-refractivity contribution in [1.29, 1.82) is 0 Å². The number of hydrogen-bond donors (Lipinski definition) is 0. The predicted molar refractivity (Wildman–Crippen MR) is 65.6 cm³/mol. The molecule has 0 aliphatic carbocycles. The monoisotopic (exact) mass is 247 g/mol. The molecule has 0 aliphatic heterocycles. The van der Waals surface area contributed by atoms with E-state index in [0.717, 1.165) is 5.56 Å². The van der Waals surface area contributed by atoms with Crippen molar-refractivity contribution in [3.63, 3.8) is 0 Å². The Morgan fingerprint density at radius 2 is 2.33 bits per heavy atom. The van der Waals surface area contributed by atoms with E-state index in [-0.39, 0.29) is 5.69 Å². The maximum absolute atomic E-state index is 10.6. The van der Waals surface area contributed by atoms with E-state index in [1.165, 1.54) is 12.1 Å². The molecule has 2 aromatic rings. The van der Waals surface area contributed by atoms with Crippen LogP contribution in [0.3, 0.4) is 0 Å². The van der Waals surface area contributed by atoms with E-state index in [9.17, 15) is 10.1 Å². The van der Waals surface area contributed by atoms with Crippen LogP contribution < -0.4 is 4.74 Å². The topological polar surface area (TPSA) is 70.2 Å². The molecule has 0 unspecified atom stereocenters. The van der Waals surface area contributed by atoms with Gasteiger partial charge in [-0.2, -0.15) is 5.10 Å². The highest BCUT2D eigenvalue weighted by molar-refractivity contribution is 5.37. The van der Waals surface area contributed by atoms with Gasteiger partial charge in [0.25, 0.3) is 5.69 Å². The predicted octanol–water partition coefficient (Wildman–Crippen LogP) is 2.18. The number of aryl methyl sites for hydroxylation is 1. The van der Waals surface area contributed by atoms with Gasteiger partial charge in [-0.15, -0.1) is 0 Å². The summed E-state index contributed by atoms with van der Waals surface area (Å²) in [6, 6.07) is 6.14. The van der Waals surface area contributed by atoms with Crippen molar-refractivity contribution in [2.45, 2.75) is 13.5 Å². The first kappa shape index (κ1) is 12.1. The van der Waals surface area contributed by atoms with Crippen LogP contribution in [-0.4, -0.2) is 21.3 Å². The molecule has 0 bridgehead atoms. The van der Waals surface area contributed by atoms with E-state index >= 15 is 0 Å². The van der Waals surface area contributed by atoms with Crippen LogP contribution in [0, 0.1) is 17.0 Å². The minimum Gasteiger partial charge on any atom is -0.491 e. The van der Waals surface area contributed by atoms with Crippen LogP contribution in [-0.2, 0) is 6.54 Å². The molecule has 0 N–H and O–H groups in total. The molecule has 0 aliphatic rings. The first-order chi connectivity index (χ1) is 8.65. The first-order valence-corrected chi connectivity index (χ1v) is 5.51. The molecule has 0 saturated heterocycles. The van der Waals surface area contributed by atoms with Crippen LogP contribution in [0.4, 0.5) is 5.69 Å². The van der Waals surface area contributed by atoms with Crippen molar-refractivity contribution in [1.82, 2.24) is 9.78 Å². The molecule has 0 amide bonds. The van der Waals surface area contributed by atoms with Gasteiger partial charge in [0, 0.05) is 12.3 Å². The largest absolute Gasteiger partial charge is 0.491 e. The lowest BCUT2D eigenvalue weighted by Gasteiger charge is -2.05. The first-order valence-electron chi connectivity index (χ1n) is 5.51. The van der Waals surface area contributed by atoms with Crippen molar-refractivity contribution in [3.8, 4) is 5.75 Å². The average molecular weight is 247 g/mol. The Morgan fingerprint density at radius 1 is 1.50 bits per heavy atom. The van der Waals surface area contributed by atoms with Gasteiger partial charge in [-0.05, 0) is 18.6 Å². The van der Waals surface area contributed by atoms with Crippen LogP contribution >= 0.6 is 0 Å². The summed E-state index contributed by atoms with van der Waals surface area (Å²) in [5.41, 5.74) is 1.12. The molecule has 6 heteroatoms. The fourth-order valence-corrected chi connectivity index (χ4v) is 1.53. The molecule has 18 heavy (non-hydrogen) atoms. The number of nitro groups is 1. The summed E-state index contributed by atoms with van der Waals surface area (Å²) in [4.78, 5) is 10.1. The highest BCUT2D eigenvalue weighted by atomic mass is 16.6. The van der Waals surface area contributed by atoms with E-state index in [1.54, 1.807) is 23.0 Å². The van der Waals surface area contributed by atoms with E-state index in [0.29, 0.717) is 18.9 Å². The zero-order valence-corrected chi connectivity index (χ0v) is 9.94. The van der Waals surface area contributed by atoms with Crippen LogP contribution in [0.25, 0.3) is 0 Å². The van der Waals surface area contributed by atoms with Crippen LogP contribution in [0.1, 0.15) is 5.56 Å². The zero-order valence-electron chi connectivity index (χ0n) is 9.94. The Bertz CT molecular complexity index is 551. The molecule has 0 fully saturated rings. The van der Waals surface area contributed by atoms with E-state index in [2.05, 4.69) is 5.10 Å². The molecule has 0 saturated carbocycles. The molecular formula is C12H13N3O3. The maximum atomic E-state index is 10.6. The number of rotatable bonds is 5. The summed E-state index contributed by atoms with van der Waals surface area (Å²) in [6.45, 7) is 2.99. The number of non-ortho nitro benzene ring substituents is 1. The highest BCUT2D eigenvalue weighted by Crippen LogP contribution is 2.18. The molecule has 1 aromatic heterocycles. The number of benzene rings is 1. The minimum absolute atomic E-state index is 0.0300. The summed E-state index contributed by atoms with van der Waals surface area (Å²) in [5.74, 6) is 0.494. The summed E-state index contributed by atoms with van der Waals surface area (Å²) >= 11 is 0. The van der Waals surface area contributed by atoms with Crippen molar-refractivity contribution < 1.29 is 9.66 Å². The van der Waals surface area contributed by atoms with Gasteiger partial charge in [0.15, 0.2) is 0 Å². The Hall–Kier alpha value is -2.37. The second-order valence-electron chi connectivity index (χ2n) is 3.88. The van der Waals surface area contributed by atoms with Gasteiger partial charge >= 0.3 is 0 Å². The number of hydrogen-bond acceptors (Lipinski definition) is 4.